The highest BCUT2D eigenvalue weighted by Crippen LogP contribution is 2.20. The molecule has 6 heteroatoms. The molecule has 1 heterocycles. The summed E-state index contributed by atoms with van der Waals surface area (Å²) in [6.07, 6.45) is 0. The molecule has 0 bridgehead atoms. The van der Waals surface area contributed by atoms with Crippen molar-refractivity contribution in [2.75, 3.05) is 26.2 Å². The van der Waals surface area contributed by atoms with Gasteiger partial charge in [0.1, 0.15) is 5.82 Å². The number of nitro benzene ring substituents is 1. The smallest absolute Gasteiger partial charge is 0.273 e. The Morgan fingerprint density at radius 3 is 2.12 bits per heavy atom. The van der Waals surface area contributed by atoms with E-state index >= 15 is 0 Å². The van der Waals surface area contributed by atoms with Crippen molar-refractivity contribution in [3.05, 3.63) is 75.6 Å². The van der Waals surface area contributed by atoms with Crippen molar-refractivity contribution < 1.29 is 9.31 Å². The number of hydrogen-bond acceptors (Lipinski definition) is 4. The summed E-state index contributed by atoms with van der Waals surface area (Å²) in [5.41, 5.74) is 2.05. The van der Waals surface area contributed by atoms with E-state index in [1.165, 1.54) is 12.1 Å². The Balaban J connectivity index is 1.54. The van der Waals surface area contributed by atoms with Gasteiger partial charge in [-0.05, 0) is 17.7 Å². The molecule has 0 aromatic heterocycles. The molecular weight excluding hydrogens is 309 g/mol. The van der Waals surface area contributed by atoms with E-state index in [1.54, 1.807) is 12.1 Å². The van der Waals surface area contributed by atoms with Gasteiger partial charge in [0, 0.05) is 50.9 Å². The van der Waals surface area contributed by atoms with E-state index < -0.39 is 0 Å². The number of para-hydroxylation sites is 1. The van der Waals surface area contributed by atoms with Crippen LogP contribution >= 0.6 is 0 Å². The van der Waals surface area contributed by atoms with Gasteiger partial charge in [-0.25, -0.2) is 4.39 Å². The number of halogens is 1. The highest BCUT2D eigenvalue weighted by molar-refractivity contribution is 5.39. The van der Waals surface area contributed by atoms with Crippen LogP contribution in [0.5, 0.6) is 0 Å². The van der Waals surface area contributed by atoms with Crippen molar-refractivity contribution in [2.45, 2.75) is 13.1 Å². The normalized spacial score (nSPS) is 16.2. The minimum absolute atomic E-state index is 0.186. The third-order valence-corrected chi connectivity index (χ3v) is 4.37. The molecule has 0 spiro atoms. The van der Waals surface area contributed by atoms with E-state index in [9.17, 15) is 14.5 Å². The highest BCUT2D eigenvalue weighted by atomic mass is 19.1. The van der Waals surface area contributed by atoms with Gasteiger partial charge >= 0.3 is 0 Å². The first-order valence-corrected chi connectivity index (χ1v) is 8.03. The van der Waals surface area contributed by atoms with Gasteiger partial charge in [0.25, 0.3) is 5.69 Å². The predicted octanol–water partition coefficient (Wildman–Crippen LogP) is 3.05. The van der Waals surface area contributed by atoms with E-state index in [0.29, 0.717) is 6.54 Å². The predicted molar refractivity (Wildman–Crippen MR) is 90.1 cm³/mol. The molecule has 0 unspecified atom stereocenters. The first kappa shape index (κ1) is 16.5. The van der Waals surface area contributed by atoms with Gasteiger partial charge in [-0.2, -0.15) is 0 Å². The summed E-state index contributed by atoms with van der Waals surface area (Å²) in [4.78, 5) is 15.3. The molecule has 0 N–H and O–H groups in total. The largest absolute Gasteiger partial charge is 0.297 e. The molecule has 5 nitrogen and oxygen atoms in total. The molecule has 0 radical (unpaired) electrons. The quantitative estimate of drug-likeness (QED) is 0.625. The van der Waals surface area contributed by atoms with Gasteiger partial charge < -0.3 is 0 Å². The molecule has 0 aliphatic carbocycles. The second-order valence-corrected chi connectivity index (χ2v) is 6.06. The van der Waals surface area contributed by atoms with E-state index in [-0.39, 0.29) is 16.4 Å². The van der Waals surface area contributed by atoms with Gasteiger partial charge in [0.05, 0.1) is 4.92 Å². The lowest BCUT2D eigenvalue weighted by Gasteiger charge is -2.34. The minimum atomic E-state index is -0.319. The van der Waals surface area contributed by atoms with E-state index in [0.717, 1.165) is 43.9 Å². The Morgan fingerprint density at radius 2 is 1.50 bits per heavy atom. The van der Waals surface area contributed by atoms with Crippen molar-refractivity contribution in [2.24, 2.45) is 0 Å². The summed E-state index contributed by atoms with van der Waals surface area (Å²) >= 11 is 0. The summed E-state index contributed by atoms with van der Waals surface area (Å²) in [5, 5.41) is 11.1. The molecule has 0 amide bonds. The zero-order valence-electron chi connectivity index (χ0n) is 13.4. The van der Waals surface area contributed by atoms with Gasteiger partial charge in [-0.3, -0.25) is 19.9 Å². The van der Waals surface area contributed by atoms with Crippen molar-refractivity contribution in [3.63, 3.8) is 0 Å². The lowest BCUT2D eigenvalue weighted by Crippen LogP contribution is -2.45. The lowest BCUT2D eigenvalue weighted by molar-refractivity contribution is -0.385. The minimum Gasteiger partial charge on any atom is -0.297 e. The molecule has 2 aromatic carbocycles. The third-order valence-electron chi connectivity index (χ3n) is 4.37. The van der Waals surface area contributed by atoms with Crippen LogP contribution in [0.1, 0.15) is 11.1 Å². The van der Waals surface area contributed by atoms with Crippen LogP contribution in [0.3, 0.4) is 0 Å². The average Bonchev–Trinajstić information content (AvgIpc) is 2.59. The number of piperazine rings is 1. The fourth-order valence-electron chi connectivity index (χ4n) is 3.02. The van der Waals surface area contributed by atoms with Crippen LogP contribution < -0.4 is 0 Å². The monoisotopic (exact) mass is 329 g/mol. The standard InChI is InChI=1S/C18H20FN3O2/c19-17-7-5-15(6-8-17)13-20-9-11-21(12-10-20)14-16-3-1-2-4-18(16)22(23)24/h1-8H,9-14H2. The Labute approximate surface area is 140 Å². The maximum Gasteiger partial charge on any atom is 0.273 e. The van der Waals surface area contributed by atoms with Gasteiger partial charge in [-0.15, -0.1) is 0 Å². The second kappa shape index (κ2) is 7.51. The molecule has 1 fully saturated rings. The number of hydrogen-bond donors (Lipinski definition) is 0. The van der Waals surface area contributed by atoms with Gasteiger partial charge in [0.2, 0.25) is 0 Å². The van der Waals surface area contributed by atoms with E-state index in [1.807, 2.05) is 24.3 Å². The summed E-state index contributed by atoms with van der Waals surface area (Å²) in [5.74, 6) is -0.215. The lowest BCUT2D eigenvalue weighted by atomic mass is 10.1. The zero-order valence-corrected chi connectivity index (χ0v) is 13.4. The second-order valence-electron chi connectivity index (χ2n) is 6.06. The van der Waals surface area contributed by atoms with Crippen LogP contribution in [-0.4, -0.2) is 40.9 Å². The van der Waals surface area contributed by atoms with Crippen molar-refractivity contribution in [3.8, 4) is 0 Å². The van der Waals surface area contributed by atoms with Gasteiger partial charge in [-0.1, -0.05) is 30.3 Å². The summed E-state index contributed by atoms with van der Waals surface area (Å²) < 4.78 is 12.9. The van der Waals surface area contributed by atoms with Crippen LogP contribution in [0, 0.1) is 15.9 Å². The first-order chi connectivity index (χ1) is 11.6. The maximum absolute atomic E-state index is 12.9. The van der Waals surface area contributed by atoms with Gasteiger partial charge in [0.15, 0.2) is 0 Å². The van der Waals surface area contributed by atoms with E-state index in [2.05, 4.69) is 9.80 Å². The Hall–Kier alpha value is -2.31. The average molecular weight is 329 g/mol. The Kier molecular flexibility index (Phi) is 5.17. The molecule has 1 saturated heterocycles. The molecule has 1 aliphatic heterocycles. The van der Waals surface area contributed by atoms with Crippen LogP contribution in [-0.2, 0) is 13.1 Å². The molecule has 0 atom stereocenters. The van der Waals surface area contributed by atoms with Crippen LogP contribution in [0.25, 0.3) is 0 Å². The summed E-state index contributed by atoms with van der Waals surface area (Å²) in [6, 6.07) is 13.5. The van der Waals surface area contributed by atoms with Crippen molar-refractivity contribution in [1.82, 2.24) is 9.80 Å². The first-order valence-electron chi connectivity index (χ1n) is 8.03. The molecule has 2 aromatic rings. The molecule has 0 saturated carbocycles. The van der Waals surface area contributed by atoms with Crippen molar-refractivity contribution >= 4 is 5.69 Å². The van der Waals surface area contributed by atoms with Crippen LogP contribution in [0.4, 0.5) is 10.1 Å². The topological polar surface area (TPSA) is 49.6 Å². The molecule has 3 rings (SSSR count). The van der Waals surface area contributed by atoms with E-state index in [4.69, 9.17) is 0 Å². The fraction of sp³-hybridized carbons (Fsp3) is 0.333. The molecule has 1 aliphatic rings. The Morgan fingerprint density at radius 1 is 0.917 bits per heavy atom. The Bertz CT molecular complexity index is 698. The number of nitro groups is 1. The maximum atomic E-state index is 12.9. The molecule has 126 valence electrons. The number of benzene rings is 2. The molecule has 24 heavy (non-hydrogen) atoms. The zero-order chi connectivity index (χ0) is 16.9. The third kappa shape index (κ3) is 4.15. The highest BCUT2D eigenvalue weighted by Gasteiger charge is 2.20. The number of nitrogens with zero attached hydrogens (tertiary/aromatic N) is 3. The van der Waals surface area contributed by atoms with Crippen molar-refractivity contribution in [1.29, 1.82) is 0 Å². The number of rotatable bonds is 5. The summed E-state index contributed by atoms with van der Waals surface area (Å²) in [6.45, 7) is 4.94. The fourth-order valence-corrected chi connectivity index (χ4v) is 3.02. The molecular formula is C18H20FN3O2. The van der Waals surface area contributed by atoms with Crippen LogP contribution in [0.15, 0.2) is 48.5 Å². The SMILES string of the molecule is O=[N+]([O-])c1ccccc1CN1CCN(Cc2ccc(F)cc2)CC1. The van der Waals surface area contributed by atoms with Crippen LogP contribution in [0.2, 0.25) is 0 Å². The summed E-state index contributed by atoms with van der Waals surface area (Å²) in [7, 11) is 0.